The Morgan fingerprint density at radius 2 is 1.71 bits per heavy atom. The zero-order valence-corrected chi connectivity index (χ0v) is 16.3. The van der Waals surface area contributed by atoms with Crippen molar-refractivity contribution in [2.75, 3.05) is 27.2 Å². The number of benzene rings is 3. The van der Waals surface area contributed by atoms with Crippen LogP contribution in [0, 0.1) is 0 Å². The molecule has 1 N–H and O–H groups in total. The summed E-state index contributed by atoms with van der Waals surface area (Å²) in [6.45, 7) is 1.51. The summed E-state index contributed by atoms with van der Waals surface area (Å²) in [4.78, 5) is 14.1. The quantitative estimate of drug-likeness (QED) is 0.349. The monoisotopic (exact) mass is 375 g/mol. The van der Waals surface area contributed by atoms with E-state index in [1.165, 1.54) is 0 Å². The van der Waals surface area contributed by atoms with Crippen molar-refractivity contribution in [2.24, 2.45) is 0 Å². The van der Waals surface area contributed by atoms with Gasteiger partial charge in [-0.3, -0.25) is 0 Å². The van der Waals surface area contributed by atoms with Crippen molar-refractivity contribution in [2.45, 2.75) is 6.42 Å². The van der Waals surface area contributed by atoms with Gasteiger partial charge in [-0.15, -0.1) is 0 Å². The fourth-order valence-electron chi connectivity index (χ4n) is 3.14. The lowest BCUT2D eigenvalue weighted by molar-refractivity contribution is -0.130. The van der Waals surface area contributed by atoms with Gasteiger partial charge < -0.3 is 14.7 Å². The molecule has 28 heavy (non-hydrogen) atoms. The Bertz CT molecular complexity index is 978. The number of nitrogens with zero attached hydrogens (tertiary/aromatic N) is 1. The first-order chi connectivity index (χ1) is 13.6. The fourth-order valence-corrected chi connectivity index (χ4v) is 3.14. The van der Waals surface area contributed by atoms with Gasteiger partial charge >= 0.3 is 5.97 Å². The molecule has 144 valence electrons. The van der Waals surface area contributed by atoms with Crippen LogP contribution in [-0.2, 0) is 4.79 Å². The molecular formula is C24H25NO3. The second-order valence-corrected chi connectivity index (χ2v) is 6.93. The molecule has 3 aromatic rings. The van der Waals surface area contributed by atoms with E-state index < -0.39 is 5.97 Å². The molecular weight excluding hydrogens is 350 g/mol. The summed E-state index contributed by atoms with van der Waals surface area (Å²) in [5, 5.41) is 11.8. The zero-order valence-electron chi connectivity index (χ0n) is 16.3. The van der Waals surface area contributed by atoms with E-state index in [2.05, 4.69) is 4.90 Å². The maximum absolute atomic E-state index is 12.0. The second kappa shape index (κ2) is 9.20. The third kappa shape index (κ3) is 4.78. The van der Waals surface area contributed by atoms with E-state index in [1.54, 1.807) is 6.08 Å². The van der Waals surface area contributed by atoms with Crippen molar-refractivity contribution in [3.05, 3.63) is 77.9 Å². The van der Waals surface area contributed by atoms with Crippen molar-refractivity contribution in [3.63, 3.8) is 0 Å². The SMILES string of the molecule is CN(C)CCCOc1ccc2ccccc2c1/C=C(/C(=O)O)c1ccccc1. The Kier molecular flexibility index (Phi) is 6.45. The number of ether oxygens (including phenoxy) is 1. The summed E-state index contributed by atoms with van der Waals surface area (Å²) in [6, 6.07) is 21.1. The fraction of sp³-hybridized carbons (Fsp3) is 0.208. The number of hydrogen-bond donors (Lipinski definition) is 1. The van der Waals surface area contributed by atoms with Crippen LogP contribution in [0.3, 0.4) is 0 Å². The molecule has 0 amide bonds. The van der Waals surface area contributed by atoms with E-state index in [9.17, 15) is 9.90 Å². The van der Waals surface area contributed by atoms with E-state index in [-0.39, 0.29) is 5.57 Å². The number of aliphatic carboxylic acids is 1. The maximum atomic E-state index is 12.0. The largest absolute Gasteiger partial charge is 0.493 e. The molecule has 4 nitrogen and oxygen atoms in total. The van der Waals surface area contributed by atoms with Gasteiger partial charge in [-0.05, 0) is 49.0 Å². The van der Waals surface area contributed by atoms with E-state index in [1.807, 2.05) is 80.8 Å². The van der Waals surface area contributed by atoms with Crippen LogP contribution in [0.25, 0.3) is 22.4 Å². The summed E-state index contributed by atoms with van der Waals surface area (Å²) in [7, 11) is 4.06. The third-order valence-electron chi connectivity index (χ3n) is 4.54. The van der Waals surface area contributed by atoms with Crippen LogP contribution in [0.2, 0.25) is 0 Å². The first-order valence-corrected chi connectivity index (χ1v) is 9.36. The minimum absolute atomic E-state index is 0.245. The number of fused-ring (bicyclic) bond motifs is 1. The van der Waals surface area contributed by atoms with Gasteiger partial charge in [0.2, 0.25) is 0 Å². The molecule has 0 aliphatic heterocycles. The van der Waals surface area contributed by atoms with Crippen LogP contribution in [0.1, 0.15) is 17.5 Å². The lowest BCUT2D eigenvalue weighted by Crippen LogP contribution is -2.15. The van der Waals surface area contributed by atoms with E-state index in [4.69, 9.17) is 4.74 Å². The molecule has 0 aliphatic carbocycles. The highest BCUT2D eigenvalue weighted by Gasteiger charge is 2.14. The molecule has 0 heterocycles. The molecule has 0 saturated heterocycles. The second-order valence-electron chi connectivity index (χ2n) is 6.93. The van der Waals surface area contributed by atoms with Gasteiger partial charge in [0, 0.05) is 12.1 Å². The molecule has 0 radical (unpaired) electrons. The van der Waals surface area contributed by atoms with Crippen LogP contribution in [0.15, 0.2) is 66.7 Å². The number of carbonyl (C=O) groups is 1. The lowest BCUT2D eigenvalue weighted by Gasteiger charge is -2.14. The van der Waals surface area contributed by atoms with Crippen molar-refractivity contribution >= 4 is 28.4 Å². The van der Waals surface area contributed by atoms with Crippen molar-refractivity contribution < 1.29 is 14.6 Å². The van der Waals surface area contributed by atoms with E-state index >= 15 is 0 Å². The minimum Gasteiger partial charge on any atom is -0.493 e. The number of carboxylic acid groups (broad SMARTS) is 1. The van der Waals surface area contributed by atoms with E-state index in [0.29, 0.717) is 17.9 Å². The average Bonchev–Trinajstić information content (AvgIpc) is 2.70. The first kappa shape index (κ1) is 19.6. The summed E-state index contributed by atoms with van der Waals surface area (Å²) in [5.41, 5.74) is 1.71. The molecule has 0 aliphatic rings. The molecule has 3 aromatic carbocycles. The molecule has 4 heteroatoms. The van der Waals surface area contributed by atoms with Crippen molar-refractivity contribution in [1.29, 1.82) is 0 Å². The highest BCUT2D eigenvalue weighted by atomic mass is 16.5. The highest BCUT2D eigenvalue weighted by molar-refractivity contribution is 6.21. The molecule has 0 spiro atoms. The number of hydrogen-bond acceptors (Lipinski definition) is 3. The van der Waals surface area contributed by atoms with E-state index in [0.717, 1.165) is 29.3 Å². The normalized spacial score (nSPS) is 11.8. The summed E-state index contributed by atoms with van der Waals surface area (Å²) in [6.07, 6.45) is 2.62. The first-order valence-electron chi connectivity index (χ1n) is 9.36. The van der Waals surface area contributed by atoms with Gasteiger partial charge in [-0.1, -0.05) is 60.7 Å². The topological polar surface area (TPSA) is 49.8 Å². The molecule has 0 unspecified atom stereocenters. The third-order valence-corrected chi connectivity index (χ3v) is 4.54. The predicted molar refractivity (Wildman–Crippen MR) is 115 cm³/mol. The van der Waals surface area contributed by atoms with Crippen LogP contribution >= 0.6 is 0 Å². The molecule has 0 saturated carbocycles. The smallest absolute Gasteiger partial charge is 0.336 e. The average molecular weight is 375 g/mol. The molecule has 0 fully saturated rings. The maximum Gasteiger partial charge on any atom is 0.336 e. The summed E-state index contributed by atoms with van der Waals surface area (Å²) >= 11 is 0. The van der Waals surface area contributed by atoms with Crippen LogP contribution in [-0.4, -0.2) is 43.2 Å². The minimum atomic E-state index is -0.960. The Morgan fingerprint density at radius 3 is 2.43 bits per heavy atom. The molecule has 0 aromatic heterocycles. The lowest BCUT2D eigenvalue weighted by atomic mass is 9.98. The number of rotatable bonds is 8. The Labute approximate surface area is 165 Å². The van der Waals surface area contributed by atoms with Gasteiger partial charge in [0.25, 0.3) is 0 Å². The van der Waals surface area contributed by atoms with Gasteiger partial charge in [-0.2, -0.15) is 0 Å². The standard InChI is InChI=1S/C24H25NO3/c1-25(2)15-8-16-28-23-14-13-19-11-6-7-12-20(19)22(23)17-21(24(26)27)18-9-4-3-5-10-18/h3-7,9-14,17H,8,15-16H2,1-2H3,(H,26,27)/b21-17+. The van der Waals surface area contributed by atoms with Gasteiger partial charge in [-0.25, -0.2) is 4.79 Å². The Hall–Kier alpha value is -3.11. The van der Waals surface area contributed by atoms with Gasteiger partial charge in [0.15, 0.2) is 0 Å². The van der Waals surface area contributed by atoms with Crippen LogP contribution in [0.4, 0.5) is 0 Å². The molecule has 0 atom stereocenters. The van der Waals surface area contributed by atoms with Crippen molar-refractivity contribution in [3.8, 4) is 5.75 Å². The molecule has 3 rings (SSSR count). The van der Waals surface area contributed by atoms with Crippen LogP contribution < -0.4 is 4.74 Å². The Balaban J connectivity index is 2.05. The number of carboxylic acids is 1. The van der Waals surface area contributed by atoms with Gasteiger partial charge in [0.05, 0.1) is 12.2 Å². The van der Waals surface area contributed by atoms with Gasteiger partial charge in [0.1, 0.15) is 5.75 Å². The molecule has 0 bridgehead atoms. The van der Waals surface area contributed by atoms with Crippen LogP contribution in [0.5, 0.6) is 5.75 Å². The summed E-state index contributed by atoms with van der Waals surface area (Å²) < 4.78 is 6.05. The van der Waals surface area contributed by atoms with Crippen molar-refractivity contribution in [1.82, 2.24) is 4.90 Å². The zero-order chi connectivity index (χ0) is 19.9. The highest BCUT2D eigenvalue weighted by Crippen LogP contribution is 2.32. The summed E-state index contributed by atoms with van der Waals surface area (Å²) in [5.74, 6) is -0.259. The Morgan fingerprint density at radius 1 is 1.00 bits per heavy atom. The predicted octanol–water partition coefficient (Wildman–Crippen LogP) is 4.80.